The van der Waals surface area contributed by atoms with E-state index in [0.29, 0.717) is 17.0 Å². The largest absolute Gasteiger partial charge is 0.495 e. The molecule has 0 aliphatic carbocycles. The van der Waals surface area contributed by atoms with Crippen molar-refractivity contribution in [1.82, 2.24) is 4.72 Å². The molecule has 7 nitrogen and oxygen atoms in total. The predicted octanol–water partition coefficient (Wildman–Crippen LogP) is 3.17. The second-order valence-electron chi connectivity index (χ2n) is 7.53. The third kappa shape index (κ3) is 6.03. The number of hydrogen-bond acceptors (Lipinski definition) is 5. The van der Waals surface area contributed by atoms with Crippen LogP contribution in [0.4, 0.5) is 5.69 Å². The summed E-state index contributed by atoms with van der Waals surface area (Å²) in [5, 5.41) is 2.84. The summed E-state index contributed by atoms with van der Waals surface area (Å²) in [6.45, 7) is 6.70. The van der Waals surface area contributed by atoms with Gasteiger partial charge >= 0.3 is 0 Å². The number of hydrogen-bond donors (Lipinski definition) is 2. The number of sulfonamides is 1. The second kappa shape index (κ2) is 9.39. The number of rotatable bonds is 8. The maximum Gasteiger partial charge on any atom is 0.255 e. The third-order valence-corrected chi connectivity index (χ3v) is 5.82. The Kier molecular flexibility index (Phi) is 7.40. The van der Waals surface area contributed by atoms with Gasteiger partial charge in [-0.15, -0.1) is 0 Å². The third-order valence-electron chi connectivity index (χ3n) is 4.34. The van der Waals surface area contributed by atoms with E-state index in [0.717, 1.165) is 5.56 Å². The fourth-order valence-electron chi connectivity index (χ4n) is 2.61. The average Bonchev–Trinajstić information content (AvgIpc) is 2.67. The minimum absolute atomic E-state index is 0.0810. The van der Waals surface area contributed by atoms with E-state index in [2.05, 4.69) is 30.8 Å². The molecule has 29 heavy (non-hydrogen) atoms. The number of anilines is 1. The predicted molar refractivity (Wildman–Crippen MR) is 113 cm³/mol. The zero-order valence-corrected chi connectivity index (χ0v) is 18.2. The normalized spacial score (nSPS) is 11.9. The zero-order chi connectivity index (χ0) is 21.7. The first-order valence-corrected chi connectivity index (χ1v) is 10.7. The van der Waals surface area contributed by atoms with Crippen LogP contribution in [0.2, 0.25) is 0 Å². The first-order chi connectivity index (χ1) is 13.6. The lowest BCUT2D eigenvalue weighted by Gasteiger charge is -2.21. The van der Waals surface area contributed by atoms with Gasteiger partial charge in [-0.25, -0.2) is 13.1 Å². The molecule has 158 valence electrons. The van der Waals surface area contributed by atoms with Crippen molar-refractivity contribution >= 4 is 21.6 Å². The molecule has 2 aromatic carbocycles. The molecule has 0 spiro atoms. The number of carbonyl (C=O) groups is 1. The molecule has 2 rings (SSSR count). The van der Waals surface area contributed by atoms with Crippen molar-refractivity contribution in [3.63, 3.8) is 0 Å². The molecule has 0 aromatic heterocycles. The van der Waals surface area contributed by atoms with E-state index in [1.165, 1.54) is 38.5 Å². The summed E-state index contributed by atoms with van der Waals surface area (Å²) in [7, 11) is -0.615. The van der Waals surface area contributed by atoms with Gasteiger partial charge in [0.25, 0.3) is 5.91 Å². The van der Waals surface area contributed by atoms with Crippen LogP contribution in [0.5, 0.6) is 5.75 Å². The van der Waals surface area contributed by atoms with E-state index >= 15 is 0 Å². The zero-order valence-electron chi connectivity index (χ0n) is 17.4. The van der Waals surface area contributed by atoms with Crippen molar-refractivity contribution in [2.24, 2.45) is 0 Å². The molecule has 0 heterocycles. The molecule has 0 atom stereocenters. The first-order valence-electron chi connectivity index (χ1n) is 9.17. The highest BCUT2D eigenvalue weighted by Crippen LogP contribution is 2.31. The lowest BCUT2D eigenvalue weighted by atomic mass is 9.87. The SMILES string of the molecule is COCCNS(=O)(=O)c1ccc(C(=O)Nc2cc(C(C)(C)C)ccc2OC)cc1. The Morgan fingerprint density at radius 3 is 2.24 bits per heavy atom. The summed E-state index contributed by atoms with van der Waals surface area (Å²) in [5.41, 5.74) is 1.86. The van der Waals surface area contributed by atoms with Gasteiger partial charge in [-0.2, -0.15) is 0 Å². The van der Waals surface area contributed by atoms with E-state index in [-0.39, 0.29) is 29.4 Å². The van der Waals surface area contributed by atoms with Crippen LogP contribution in [0.3, 0.4) is 0 Å². The van der Waals surface area contributed by atoms with Gasteiger partial charge in [0.2, 0.25) is 10.0 Å². The Morgan fingerprint density at radius 2 is 1.69 bits per heavy atom. The molecule has 0 aliphatic rings. The highest BCUT2D eigenvalue weighted by atomic mass is 32.2. The Morgan fingerprint density at radius 1 is 1.03 bits per heavy atom. The molecule has 1 amide bonds. The second-order valence-corrected chi connectivity index (χ2v) is 9.30. The molecule has 0 saturated carbocycles. The van der Waals surface area contributed by atoms with Gasteiger partial charge in [-0.1, -0.05) is 26.8 Å². The van der Waals surface area contributed by atoms with Crippen molar-refractivity contribution in [1.29, 1.82) is 0 Å². The van der Waals surface area contributed by atoms with E-state index in [1.54, 1.807) is 0 Å². The van der Waals surface area contributed by atoms with Crippen LogP contribution in [-0.4, -0.2) is 41.7 Å². The lowest BCUT2D eigenvalue weighted by Crippen LogP contribution is -2.27. The first kappa shape index (κ1) is 22.9. The van der Waals surface area contributed by atoms with E-state index < -0.39 is 10.0 Å². The number of ether oxygens (including phenoxy) is 2. The van der Waals surface area contributed by atoms with Crippen LogP contribution in [0.25, 0.3) is 0 Å². The molecular weight excluding hydrogens is 392 g/mol. The van der Waals surface area contributed by atoms with Crippen molar-refractivity contribution in [3.05, 3.63) is 53.6 Å². The molecule has 0 aliphatic heterocycles. The number of carbonyl (C=O) groups excluding carboxylic acids is 1. The summed E-state index contributed by atoms with van der Waals surface area (Å²) >= 11 is 0. The van der Waals surface area contributed by atoms with Gasteiger partial charge in [0.05, 0.1) is 24.3 Å². The van der Waals surface area contributed by atoms with Gasteiger partial charge < -0.3 is 14.8 Å². The minimum Gasteiger partial charge on any atom is -0.495 e. The molecule has 0 saturated heterocycles. The molecule has 2 aromatic rings. The number of amides is 1. The van der Waals surface area contributed by atoms with Crippen LogP contribution in [0.1, 0.15) is 36.7 Å². The van der Waals surface area contributed by atoms with Crippen molar-refractivity contribution in [2.75, 3.05) is 32.7 Å². The maximum atomic E-state index is 12.7. The van der Waals surface area contributed by atoms with E-state index in [1.807, 2.05) is 18.2 Å². The molecule has 0 radical (unpaired) electrons. The van der Waals surface area contributed by atoms with Crippen LogP contribution in [-0.2, 0) is 20.2 Å². The Bertz CT molecular complexity index is 948. The lowest BCUT2D eigenvalue weighted by molar-refractivity contribution is 0.102. The van der Waals surface area contributed by atoms with Gasteiger partial charge in [-0.05, 0) is 47.4 Å². The molecule has 8 heteroatoms. The highest BCUT2D eigenvalue weighted by molar-refractivity contribution is 7.89. The highest BCUT2D eigenvalue weighted by Gasteiger charge is 2.18. The number of benzene rings is 2. The van der Waals surface area contributed by atoms with Gasteiger partial charge in [-0.3, -0.25) is 4.79 Å². The van der Waals surface area contributed by atoms with E-state index in [4.69, 9.17) is 9.47 Å². The maximum absolute atomic E-state index is 12.7. The Hall–Kier alpha value is -2.42. The quantitative estimate of drug-likeness (QED) is 0.640. The number of nitrogens with one attached hydrogen (secondary N) is 2. The smallest absolute Gasteiger partial charge is 0.255 e. The fourth-order valence-corrected chi connectivity index (χ4v) is 3.63. The minimum atomic E-state index is -3.65. The Balaban J connectivity index is 2.20. The summed E-state index contributed by atoms with van der Waals surface area (Å²) in [4.78, 5) is 12.7. The van der Waals surface area contributed by atoms with Crippen LogP contribution in [0.15, 0.2) is 47.4 Å². The van der Waals surface area contributed by atoms with Gasteiger partial charge in [0.1, 0.15) is 5.75 Å². The van der Waals surface area contributed by atoms with Crippen molar-refractivity contribution in [3.8, 4) is 5.75 Å². The fraction of sp³-hybridized carbons (Fsp3) is 0.381. The molecule has 0 bridgehead atoms. The summed E-state index contributed by atoms with van der Waals surface area (Å²) in [5.74, 6) is 0.193. The summed E-state index contributed by atoms with van der Waals surface area (Å²) in [6, 6.07) is 11.4. The van der Waals surface area contributed by atoms with Crippen LogP contribution in [0, 0.1) is 0 Å². The molecule has 2 N–H and O–H groups in total. The van der Waals surface area contributed by atoms with Gasteiger partial charge in [0.15, 0.2) is 0 Å². The molecule has 0 unspecified atom stereocenters. The summed E-state index contributed by atoms with van der Waals surface area (Å²) < 4.78 is 37.0. The molecule has 0 fully saturated rings. The van der Waals surface area contributed by atoms with Crippen molar-refractivity contribution in [2.45, 2.75) is 31.1 Å². The van der Waals surface area contributed by atoms with E-state index in [9.17, 15) is 13.2 Å². The van der Waals surface area contributed by atoms with Gasteiger partial charge in [0, 0.05) is 19.2 Å². The molecular formula is C21H28N2O5S. The van der Waals surface area contributed by atoms with Crippen LogP contribution >= 0.6 is 0 Å². The average molecular weight is 421 g/mol. The van der Waals surface area contributed by atoms with Crippen LogP contribution < -0.4 is 14.8 Å². The summed E-state index contributed by atoms with van der Waals surface area (Å²) in [6.07, 6.45) is 0. The Labute approximate surface area is 172 Å². The van der Waals surface area contributed by atoms with Crippen molar-refractivity contribution < 1.29 is 22.7 Å². The number of methoxy groups -OCH3 is 2. The monoisotopic (exact) mass is 420 g/mol. The standard InChI is InChI=1S/C21H28N2O5S/c1-21(2,3)16-8-11-19(28-5)18(14-16)23-20(24)15-6-9-17(10-7-15)29(25,26)22-12-13-27-4/h6-11,14,22H,12-13H2,1-5H3,(H,23,24). The topological polar surface area (TPSA) is 93.7 Å².